The van der Waals surface area contributed by atoms with E-state index in [0.717, 1.165) is 43.7 Å². The number of carbonyl (C=O) groups excluding carboxylic acids is 3. The van der Waals surface area contributed by atoms with Crippen molar-refractivity contribution in [2.45, 2.75) is 70.9 Å². The molecule has 3 aliphatic rings. The van der Waals surface area contributed by atoms with E-state index >= 15 is 0 Å². The lowest BCUT2D eigenvalue weighted by Crippen LogP contribution is -2.51. The molecule has 0 radical (unpaired) electrons. The first kappa shape index (κ1) is 19.1. The molecule has 1 aliphatic carbocycles. The summed E-state index contributed by atoms with van der Waals surface area (Å²) in [5, 5.41) is 9.10. The molecule has 0 aromatic carbocycles. The Balaban J connectivity index is 1.58. The standard InChI is InChI=1S/C19H32N4O3/c1-18(2,3)13-4-8-19(9-5-13)16(25)23(17(26)22-19)12-15(24)21-14-6-10-20-11-7-14/h13-14,20H,4-12H2,1-3H3,(H,21,24)(H,22,26). The monoisotopic (exact) mass is 364 g/mol. The van der Waals surface area contributed by atoms with E-state index in [1.165, 1.54) is 0 Å². The maximum atomic E-state index is 12.9. The smallest absolute Gasteiger partial charge is 0.325 e. The molecule has 0 aromatic rings. The third kappa shape index (κ3) is 3.87. The van der Waals surface area contributed by atoms with Gasteiger partial charge in [0.05, 0.1) is 0 Å². The first-order valence-electron chi connectivity index (χ1n) is 9.85. The average molecular weight is 364 g/mol. The van der Waals surface area contributed by atoms with Crippen molar-refractivity contribution < 1.29 is 14.4 Å². The first-order valence-corrected chi connectivity index (χ1v) is 9.85. The summed E-state index contributed by atoms with van der Waals surface area (Å²) in [5.74, 6) is 0.0752. The molecule has 146 valence electrons. The molecule has 3 fully saturated rings. The Morgan fingerprint density at radius 2 is 1.77 bits per heavy atom. The predicted octanol–water partition coefficient (Wildman–Crippen LogP) is 1.38. The summed E-state index contributed by atoms with van der Waals surface area (Å²) in [7, 11) is 0. The largest absolute Gasteiger partial charge is 0.352 e. The Morgan fingerprint density at radius 1 is 1.15 bits per heavy atom. The van der Waals surface area contributed by atoms with E-state index in [1.807, 2.05) is 0 Å². The lowest BCUT2D eigenvalue weighted by Gasteiger charge is -2.40. The van der Waals surface area contributed by atoms with Crippen molar-refractivity contribution in [1.29, 1.82) is 0 Å². The molecule has 2 saturated heterocycles. The van der Waals surface area contributed by atoms with E-state index in [2.05, 4.69) is 36.7 Å². The third-order valence-corrected chi connectivity index (χ3v) is 6.32. The fourth-order valence-electron chi connectivity index (χ4n) is 4.52. The highest BCUT2D eigenvalue weighted by Crippen LogP contribution is 2.43. The fraction of sp³-hybridized carbons (Fsp3) is 0.842. The number of urea groups is 1. The number of amides is 4. The van der Waals surface area contributed by atoms with E-state index < -0.39 is 11.6 Å². The maximum absolute atomic E-state index is 12.9. The van der Waals surface area contributed by atoms with Crippen molar-refractivity contribution in [3.63, 3.8) is 0 Å². The quantitative estimate of drug-likeness (QED) is 0.660. The molecule has 0 bridgehead atoms. The number of hydrogen-bond donors (Lipinski definition) is 3. The van der Waals surface area contributed by atoms with Crippen molar-refractivity contribution in [1.82, 2.24) is 20.9 Å². The predicted molar refractivity (Wildman–Crippen MR) is 98.4 cm³/mol. The number of nitrogens with zero attached hydrogens (tertiary/aromatic N) is 1. The highest BCUT2D eigenvalue weighted by atomic mass is 16.2. The first-order chi connectivity index (χ1) is 12.2. The van der Waals surface area contributed by atoms with Crippen molar-refractivity contribution >= 4 is 17.8 Å². The molecule has 1 spiro atoms. The van der Waals surface area contributed by atoms with E-state index in [0.29, 0.717) is 18.8 Å². The van der Waals surface area contributed by atoms with Gasteiger partial charge in [0.2, 0.25) is 5.91 Å². The average Bonchev–Trinajstić information content (AvgIpc) is 2.79. The van der Waals surface area contributed by atoms with Crippen LogP contribution >= 0.6 is 0 Å². The molecule has 0 unspecified atom stereocenters. The van der Waals surface area contributed by atoms with Crippen LogP contribution in [0.1, 0.15) is 59.3 Å². The van der Waals surface area contributed by atoms with E-state index in [4.69, 9.17) is 0 Å². The number of rotatable bonds is 3. The molecule has 4 amide bonds. The van der Waals surface area contributed by atoms with E-state index in [1.54, 1.807) is 0 Å². The zero-order chi connectivity index (χ0) is 18.9. The molecular weight excluding hydrogens is 332 g/mol. The van der Waals surface area contributed by atoms with Crippen LogP contribution in [0, 0.1) is 11.3 Å². The Labute approximate surface area is 155 Å². The van der Waals surface area contributed by atoms with Crippen LogP contribution in [0.2, 0.25) is 0 Å². The minimum Gasteiger partial charge on any atom is -0.352 e. The SMILES string of the molecule is CC(C)(C)C1CCC2(CC1)NC(=O)N(CC(=O)NC1CCNCC1)C2=O. The van der Waals surface area contributed by atoms with Crippen LogP contribution in [0.5, 0.6) is 0 Å². The van der Waals surface area contributed by atoms with Crippen LogP contribution < -0.4 is 16.0 Å². The molecule has 7 nitrogen and oxygen atoms in total. The minimum absolute atomic E-state index is 0.126. The molecule has 3 rings (SSSR count). The van der Waals surface area contributed by atoms with Gasteiger partial charge in [0.25, 0.3) is 5.91 Å². The second-order valence-electron chi connectivity index (χ2n) is 9.14. The zero-order valence-electron chi connectivity index (χ0n) is 16.2. The summed E-state index contributed by atoms with van der Waals surface area (Å²) in [5.41, 5.74) is -0.588. The lowest BCUT2D eigenvalue weighted by atomic mass is 9.67. The lowest BCUT2D eigenvalue weighted by molar-refractivity contribution is -0.136. The molecule has 7 heteroatoms. The highest BCUT2D eigenvalue weighted by Gasteiger charge is 2.53. The van der Waals surface area contributed by atoms with Gasteiger partial charge in [-0.15, -0.1) is 0 Å². The molecule has 3 N–H and O–H groups in total. The summed E-state index contributed by atoms with van der Waals surface area (Å²) >= 11 is 0. The summed E-state index contributed by atoms with van der Waals surface area (Å²) in [6, 6.07) is -0.301. The van der Waals surface area contributed by atoms with Crippen molar-refractivity contribution in [2.24, 2.45) is 11.3 Å². The van der Waals surface area contributed by atoms with Crippen molar-refractivity contribution in [3.05, 3.63) is 0 Å². The topological polar surface area (TPSA) is 90.5 Å². The number of piperidine rings is 1. The van der Waals surface area contributed by atoms with Crippen LogP contribution in [0.3, 0.4) is 0 Å². The van der Waals surface area contributed by atoms with Gasteiger partial charge in [-0.25, -0.2) is 4.79 Å². The number of carbonyl (C=O) groups is 3. The summed E-state index contributed by atoms with van der Waals surface area (Å²) in [6.45, 7) is 8.25. The van der Waals surface area contributed by atoms with Gasteiger partial charge in [0.1, 0.15) is 12.1 Å². The summed E-state index contributed by atoms with van der Waals surface area (Å²) < 4.78 is 0. The van der Waals surface area contributed by atoms with E-state index in [9.17, 15) is 14.4 Å². The number of hydrogen-bond acceptors (Lipinski definition) is 4. The normalized spacial score (nSPS) is 30.6. The van der Waals surface area contributed by atoms with Crippen LogP contribution in [0.4, 0.5) is 4.79 Å². The summed E-state index contributed by atoms with van der Waals surface area (Å²) in [4.78, 5) is 38.7. The molecule has 1 saturated carbocycles. The van der Waals surface area contributed by atoms with Crippen LogP contribution in [-0.2, 0) is 9.59 Å². The molecular formula is C19H32N4O3. The van der Waals surface area contributed by atoms with Gasteiger partial charge in [0, 0.05) is 6.04 Å². The van der Waals surface area contributed by atoms with Crippen LogP contribution in [0.25, 0.3) is 0 Å². The Bertz CT molecular complexity index is 570. The minimum atomic E-state index is -0.798. The molecule has 2 heterocycles. The van der Waals surface area contributed by atoms with Gasteiger partial charge in [-0.2, -0.15) is 0 Å². The number of imide groups is 1. The van der Waals surface area contributed by atoms with Gasteiger partial charge in [-0.05, 0) is 62.9 Å². The zero-order valence-corrected chi connectivity index (χ0v) is 16.2. The highest BCUT2D eigenvalue weighted by molar-refractivity contribution is 6.09. The molecule has 2 aliphatic heterocycles. The fourth-order valence-corrected chi connectivity index (χ4v) is 4.52. The molecule has 26 heavy (non-hydrogen) atoms. The van der Waals surface area contributed by atoms with Crippen molar-refractivity contribution in [3.8, 4) is 0 Å². The van der Waals surface area contributed by atoms with Gasteiger partial charge >= 0.3 is 6.03 Å². The second-order valence-corrected chi connectivity index (χ2v) is 9.14. The molecule has 0 aromatic heterocycles. The van der Waals surface area contributed by atoms with Gasteiger partial charge in [-0.3, -0.25) is 14.5 Å². The van der Waals surface area contributed by atoms with Crippen LogP contribution in [0.15, 0.2) is 0 Å². The van der Waals surface area contributed by atoms with Gasteiger partial charge in [-0.1, -0.05) is 20.8 Å². The third-order valence-electron chi connectivity index (χ3n) is 6.32. The Hall–Kier alpha value is -1.63. The number of nitrogens with one attached hydrogen (secondary N) is 3. The Kier molecular flexibility index (Phi) is 5.28. The summed E-state index contributed by atoms with van der Waals surface area (Å²) in [6.07, 6.45) is 4.92. The van der Waals surface area contributed by atoms with Gasteiger partial charge in [0.15, 0.2) is 0 Å². The van der Waals surface area contributed by atoms with Crippen LogP contribution in [-0.4, -0.2) is 54.0 Å². The Morgan fingerprint density at radius 3 is 2.35 bits per heavy atom. The van der Waals surface area contributed by atoms with Gasteiger partial charge < -0.3 is 16.0 Å². The molecule has 0 atom stereocenters. The second kappa shape index (κ2) is 7.18. The maximum Gasteiger partial charge on any atom is 0.325 e. The van der Waals surface area contributed by atoms with Crippen molar-refractivity contribution in [2.75, 3.05) is 19.6 Å². The van der Waals surface area contributed by atoms with E-state index in [-0.39, 0.29) is 29.8 Å².